The molecule has 9 heteroatoms. The zero-order chi connectivity index (χ0) is 12.3. The van der Waals surface area contributed by atoms with Gasteiger partial charge in [-0.25, -0.2) is 9.18 Å². The van der Waals surface area contributed by atoms with Crippen LogP contribution in [0.25, 0.3) is 0 Å². The first-order chi connectivity index (χ1) is 7.47. The van der Waals surface area contributed by atoms with Crippen LogP contribution in [0.15, 0.2) is 12.1 Å². The summed E-state index contributed by atoms with van der Waals surface area (Å²) >= 11 is 0. The van der Waals surface area contributed by atoms with E-state index in [1.165, 1.54) is 0 Å². The van der Waals surface area contributed by atoms with Gasteiger partial charge in [-0.2, -0.15) is 0 Å². The lowest BCUT2D eigenvalue weighted by atomic mass is 9.79. The Hall–Kier alpha value is -1.57. The van der Waals surface area contributed by atoms with Crippen LogP contribution in [-0.4, -0.2) is 41.0 Å². The second kappa shape index (κ2) is 4.97. The van der Waals surface area contributed by atoms with Crippen molar-refractivity contribution < 1.29 is 34.0 Å². The lowest BCUT2D eigenvalue weighted by Crippen LogP contribution is -2.34. The highest BCUT2D eigenvalue weighted by molar-refractivity contribution is 6.59. The molecule has 0 aliphatic heterocycles. The van der Waals surface area contributed by atoms with E-state index in [0.717, 1.165) is 12.1 Å². The van der Waals surface area contributed by atoms with E-state index in [0.29, 0.717) is 0 Å². The molecule has 84 valence electrons. The average Bonchev–Trinajstić information content (AvgIpc) is 2.20. The van der Waals surface area contributed by atoms with Crippen molar-refractivity contribution in [3.63, 3.8) is 0 Å². The van der Waals surface area contributed by atoms with E-state index >= 15 is 0 Å². The first-order valence-electron chi connectivity index (χ1n) is 4.14. The molecule has 16 heavy (non-hydrogen) atoms. The molecule has 6 nitrogen and oxygen atoms in total. The van der Waals surface area contributed by atoms with E-state index < -0.39 is 37.8 Å². The summed E-state index contributed by atoms with van der Waals surface area (Å²) in [5.41, 5.74) is -1.02. The van der Waals surface area contributed by atoms with Gasteiger partial charge in [0.1, 0.15) is 5.75 Å². The first-order valence-corrected chi connectivity index (χ1v) is 4.14. The molecule has 0 aliphatic carbocycles. The Morgan fingerprint density at radius 3 is 2.50 bits per heavy atom. The molecule has 0 amide bonds. The normalized spacial score (nSPS) is 9.75. The fraction of sp³-hybridized carbons (Fsp3) is 0. The van der Waals surface area contributed by atoms with Crippen LogP contribution in [0.5, 0.6) is 5.75 Å². The Balaban J connectivity index is 3.32. The molecule has 0 atom stereocenters. The highest BCUT2D eigenvalue weighted by Crippen LogP contribution is 2.17. The van der Waals surface area contributed by atoms with E-state index in [1.54, 1.807) is 0 Å². The van der Waals surface area contributed by atoms with Gasteiger partial charge in [0.2, 0.25) is 0 Å². The highest BCUT2D eigenvalue weighted by Gasteiger charge is 2.23. The number of carboxylic acids is 1. The Morgan fingerprint density at radius 1 is 1.44 bits per heavy atom. The fourth-order valence-electron chi connectivity index (χ4n) is 1.11. The van der Waals surface area contributed by atoms with Gasteiger partial charge >= 0.3 is 20.8 Å². The van der Waals surface area contributed by atoms with Crippen LogP contribution in [0.1, 0.15) is 10.4 Å². The Bertz CT molecular complexity index is 410. The molecular formula is C7H7B2FO6. The third-order valence-electron chi connectivity index (χ3n) is 1.81. The molecule has 1 aromatic rings. The lowest BCUT2D eigenvalue weighted by Gasteiger charge is -2.09. The van der Waals surface area contributed by atoms with Gasteiger partial charge in [0.05, 0.1) is 5.56 Å². The number of aromatic carboxylic acids is 1. The van der Waals surface area contributed by atoms with Crippen LogP contribution >= 0.6 is 0 Å². The number of carbonyl (C=O) groups is 1. The molecule has 0 bridgehead atoms. The molecule has 0 radical (unpaired) electrons. The van der Waals surface area contributed by atoms with Crippen LogP contribution in [0.3, 0.4) is 0 Å². The standard InChI is InChI=1S/C7H7B2FO6/c10-6-4(9(14)15)1-3(7(11)12)2-5(6)16-8-13/h1-2,8,13-15H,(H,11,12). The van der Waals surface area contributed by atoms with E-state index in [-0.39, 0.29) is 5.56 Å². The van der Waals surface area contributed by atoms with Crippen molar-refractivity contribution in [2.45, 2.75) is 0 Å². The number of hydrogen-bond donors (Lipinski definition) is 4. The lowest BCUT2D eigenvalue weighted by molar-refractivity contribution is 0.0696. The molecule has 1 rings (SSSR count). The minimum atomic E-state index is -2.17. The number of benzene rings is 1. The zero-order valence-electron chi connectivity index (χ0n) is 7.92. The molecule has 0 saturated carbocycles. The molecule has 0 aliphatic rings. The molecule has 0 saturated heterocycles. The minimum Gasteiger partial charge on any atom is -0.537 e. The summed E-state index contributed by atoms with van der Waals surface area (Å²) < 4.78 is 17.8. The third-order valence-corrected chi connectivity index (χ3v) is 1.81. The Labute approximate surface area is 90.4 Å². The number of halogens is 1. The molecule has 0 spiro atoms. The minimum absolute atomic E-state index is 0.382. The monoisotopic (exact) mass is 228 g/mol. The summed E-state index contributed by atoms with van der Waals surface area (Å²) in [5, 5.41) is 34.7. The SMILES string of the molecule is O=C(O)c1cc(OBO)c(F)c(B(O)O)c1. The molecule has 0 heterocycles. The van der Waals surface area contributed by atoms with Crippen LogP contribution in [0.4, 0.5) is 4.39 Å². The van der Waals surface area contributed by atoms with Crippen molar-refractivity contribution in [1.82, 2.24) is 0 Å². The van der Waals surface area contributed by atoms with E-state index in [1.807, 2.05) is 0 Å². The van der Waals surface area contributed by atoms with Gasteiger partial charge in [-0.15, -0.1) is 0 Å². The smallest absolute Gasteiger partial charge is 0.504 e. The van der Waals surface area contributed by atoms with Crippen molar-refractivity contribution in [1.29, 1.82) is 0 Å². The molecule has 1 aromatic carbocycles. The number of carboxylic acid groups (broad SMARTS) is 1. The third kappa shape index (κ3) is 2.51. The van der Waals surface area contributed by atoms with E-state index in [9.17, 15) is 9.18 Å². The Morgan fingerprint density at radius 2 is 2.06 bits per heavy atom. The number of hydrogen-bond acceptors (Lipinski definition) is 5. The highest BCUT2D eigenvalue weighted by atomic mass is 19.1. The van der Waals surface area contributed by atoms with E-state index in [4.69, 9.17) is 20.2 Å². The summed E-state index contributed by atoms with van der Waals surface area (Å²) in [6.45, 7) is 0. The second-order valence-corrected chi connectivity index (χ2v) is 2.83. The maximum Gasteiger partial charge on any atom is 0.504 e. The van der Waals surface area contributed by atoms with Gasteiger partial charge in [0, 0.05) is 5.46 Å². The van der Waals surface area contributed by atoms with Gasteiger partial charge in [-0.3, -0.25) is 0 Å². The molecule has 0 aromatic heterocycles. The topological polar surface area (TPSA) is 107 Å². The van der Waals surface area contributed by atoms with Gasteiger partial charge < -0.3 is 24.8 Å². The van der Waals surface area contributed by atoms with Gasteiger partial charge in [0.15, 0.2) is 5.82 Å². The maximum atomic E-state index is 13.4. The molecule has 4 N–H and O–H groups in total. The summed E-state index contributed by atoms with van der Waals surface area (Å²) in [6.07, 6.45) is 0. The maximum absolute atomic E-state index is 13.4. The molecular weight excluding hydrogens is 221 g/mol. The molecule has 0 unspecified atom stereocenters. The van der Waals surface area contributed by atoms with Crippen LogP contribution in [0, 0.1) is 5.82 Å². The second-order valence-electron chi connectivity index (χ2n) is 2.83. The summed E-state index contributed by atoms with van der Waals surface area (Å²) in [5.74, 6) is -3.08. The average molecular weight is 228 g/mol. The summed E-state index contributed by atoms with van der Waals surface area (Å²) in [4.78, 5) is 10.6. The summed E-state index contributed by atoms with van der Waals surface area (Å²) in [6, 6.07) is 1.60. The van der Waals surface area contributed by atoms with Crippen molar-refractivity contribution in [3.05, 3.63) is 23.5 Å². The van der Waals surface area contributed by atoms with Crippen molar-refractivity contribution in [3.8, 4) is 5.75 Å². The quantitative estimate of drug-likeness (QED) is 0.437. The predicted molar refractivity (Wildman–Crippen MR) is 53.2 cm³/mol. The van der Waals surface area contributed by atoms with Crippen LogP contribution < -0.4 is 10.1 Å². The van der Waals surface area contributed by atoms with Crippen LogP contribution in [0.2, 0.25) is 0 Å². The first kappa shape index (κ1) is 12.5. The summed E-state index contributed by atoms with van der Waals surface area (Å²) in [7, 11) is -3.03. The largest absolute Gasteiger partial charge is 0.537 e. The van der Waals surface area contributed by atoms with Gasteiger partial charge in [-0.1, -0.05) is 0 Å². The fourth-order valence-corrected chi connectivity index (χ4v) is 1.11. The van der Waals surface area contributed by atoms with Crippen molar-refractivity contribution in [2.24, 2.45) is 0 Å². The zero-order valence-corrected chi connectivity index (χ0v) is 7.92. The van der Waals surface area contributed by atoms with Crippen molar-refractivity contribution >= 4 is 26.2 Å². The van der Waals surface area contributed by atoms with Gasteiger partial charge in [-0.05, 0) is 12.1 Å². The van der Waals surface area contributed by atoms with Crippen molar-refractivity contribution in [2.75, 3.05) is 0 Å². The van der Waals surface area contributed by atoms with Crippen LogP contribution in [-0.2, 0) is 0 Å². The Kier molecular flexibility index (Phi) is 3.88. The number of rotatable bonds is 4. The van der Waals surface area contributed by atoms with Gasteiger partial charge in [0.25, 0.3) is 0 Å². The predicted octanol–water partition coefficient (Wildman–Crippen LogP) is -2.16. The van der Waals surface area contributed by atoms with E-state index in [2.05, 4.69) is 4.65 Å². The molecule has 0 fully saturated rings.